The molecule has 0 radical (unpaired) electrons. The Hall–Kier alpha value is -0.580. The third-order valence-electron chi connectivity index (χ3n) is 2.98. The first-order valence-corrected chi connectivity index (χ1v) is 7.32. The van der Waals surface area contributed by atoms with Crippen molar-refractivity contribution in [2.45, 2.75) is 32.9 Å². The fraction of sp³-hybridized carbons (Fsp3) is 0.500. The predicted molar refractivity (Wildman–Crippen MR) is 81.3 cm³/mol. The molecule has 0 aliphatic rings. The Morgan fingerprint density at radius 1 is 1.37 bits per heavy atom. The number of ether oxygens (including phenoxy) is 1. The summed E-state index contributed by atoms with van der Waals surface area (Å²) in [5.41, 5.74) is 0.958. The van der Waals surface area contributed by atoms with E-state index in [0.717, 1.165) is 10.0 Å². The molecule has 1 rings (SSSR count). The average molecular weight is 349 g/mol. The van der Waals surface area contributed by atoms with Crippen LogP contribution in [0.1, 0.15) is 32.4 Å². The van der Waals surface area contributed by atoms with Gasteiger partial charge in [-0.1, -0.05) is 47.4 Å². The zero-order valence-electron chi connectivity index (χ0n) is 11.5. The topological polar surface area (TPSA) is 38.3 Å². The average Bonchev–Trinajstić information content (AvgIpc) is 2.34. The second-order valence-electron chi connectivity index (χ2n) is 4.80. The molecule has 2 unspecified atom stereocenters. The Kier molecular flexibility index (Phi) is 6.30. The third kappa shape index (κ3) is 4.48. The van der Waals surface area contributed by atoms with Crippen molar-refractivity contribution in [3.63, 3.8) is 0 Å². The van der Waals surface area contributed by atoms with E-state index < -0.39 is 0 Å². The van der Waals surface area contributed by atoms with Crippen LogP contribution in [0, 0.1) is 5.92 Å². The molecule has 0 heterocycles. The first-order chi connectivity index (χ1) is 8.86. The van der Waals surface area contributed by atoms with Crippen LogP contribution in [0.5, 0.6) is 0 Å². The van der Waals surface area contributed by atoms with Gasteiger partial charge in [-0.15, -0.1) is 0 Å². The van der Waals surface area contributed by atoms with Crippen LogP contribution in [0.2, 0.25) is 5.02 Å². The number of carbonyl (C=O) groups excluding carboxylic acids is 1. The number of methoxy groups -OCH3 is 1. The van der Waals surface area contributed by atoms with Crippen molar-refractivity contribution in [2.75, 3.05) is 7.11 Å². The van der Waals surface area contributed by atoms with Gasteiger partial charge in [0.05, 0.1) is 7.11 Å². The highest BCUT2D eigenvalue weighted by Gasteiger charge is 2.25. The molecule has 0 saturated carbocycles. The minimum absolute atomic E-state index is 0.0351. The van der Waals surface area contributed by atoms with E-state index in [-0.39, 0.29) is 24.0 Å². The molecule has 0 amide bonds. The van der Waals surface area contributed by atoms with E-state index in [4.69, 9.17) is 16.3 Å². The summed E-state index contributed by atoms with van der Waals surface area (Å²) in [6.07, 6.45) is 0. The van der Waals surface area contributed by atoms with Crippen LogP contribution in [0.4, 0.5) is 0 Å². The van der Waals surface area contributed by atoms with Crippen molar-refractivity contribution in [1.29, 1.82) is 0 Å². The molecule has 0 spiro atoms. The summed E-state index contributed by atoms with van der Waals surface area (Å²) in [5, 5.41) is 3.94. The lowest BCUT2D eigenvalue weighted by molar-refractivity contribution is -0.144. The third-order valence-corrected chi connectivity index (χ3v) is 3.80. The van der Waals surface area contributed by atoms with E-state index in [0.29, 0.717) is 5.02 Å². The summed E-state index contributed by atoms with van der Waals surface area (Å²) >= 11 is 9.59. The summed E-state index contributed by atoms with van der Waals surface area (Å²) < 4.78 is 5.75. The molecular weight excluding hydrogens is 330 g/mol. The SMILES string of the molecule is COC(=O)C(NC(C)c1ccc(Br)cc1Cl)C(C)C. The number of carbonyl (C=O) groups is 1. The molecule has 5 heteroatoms. The highest BCUT2D eigenvalue weighted by molar-refractivity contribution is 9.10. The lowest BCUT2D eigenvalue weighted by Crippen LogP contribution is -2.43. The molecule has 0 fully saturated rings. The normalized spacial score (nSPS) is 14.3. The summed E-state index contributed by atoms with van der Waals surface area (Å²) in [5.74, 6) is -0.112. The fourth-order valence-corrected chi connectivity index (χ4v) is 2.71. The van der Waals surface area contributed by atoms with Gasteiger partial charge in [0, 0.05) is 15.5 Å². The van der Waals surface area contributed by atoms with Crippen molar-refractivity contribution < 1.29 is 9.53 Å². The number of rotatable bonds is 5. The molecule has 0 aliphatic heterocycles. The van der Waals surface area contributed by atoms with Crippen LogP contribution in [0.15, 0.2) is 22.7 Å². The molecule has 0 aromatic heterocycles. The lowest BCUT2D eigenvalue weighted by Gasteiger charge is -2.25. The van der Waals surface area contributed by atoms with Gasteiger partial charge < -0.3 is 4.74 Å². The van der Waals surface area contributed by atoms with Crippen molar-refractivity contribution in [1.82, 2.24) is 5.32 Å². The number of nitrogens with one attached hydrogen (secondary N) is 1. The second kappa shape index (κ2) is 7.27. The first-order valence-electron chi connectivity index (χ1n) is 6.15. The number of halogens is 2. The Labute approximate surface area is 127 Å². The van der Waals surface area contributed by atoms with Gasteiger partial charge in [-0.2, -0.15) is 0 Å². The van der Waals surface area contributed by atoms with E-state index >= 15 is 0 Å². The number of hydrogen-bond acceptors (Lipinski definition) is 3. The molecule has 0 bridgehead atoms. The maximum absolute atomic E-state index is 11.7. The molecule has 1 N–H and O–H groups in total. The minimum atomic E-state index is -0.347. The maximum atomic E-state index is 11.7. The minimum Gasteiger partial charge on any atom is -0.468 e. The Balaban J connectivity index is 2.87. The van der Waals surface area contributed by atoms with Crippen LogP contribution in [-0.4, -0.2) is 19.1 Å². The Morgan fingerprint density at radius 3 is 2.47 bits per heavy atom. The smallest absolute Gasteiger partial charge is 0.323 e. The predicted octanol–water partition coefficient (Wildman–Crippen LogP) is 3.95. The zero-order chi connectivity index (χ0) is 14.6. The summed E-state index contributed by atoms with van der Waals surface area (Å²) in [6.45, 7) is 5.93. The van der Waals surface area contributed by atoms with Crippen molar-refractivity contribution >= 4 is 33.5 Å². The van der Waals surface area contributed by atoms with Gasteiger partial charge >= 0.3 is 5.97 Å². The van der Waals surface area contributed by atoms with Gasteiger partial charge in [0.2, 0.25) is 0 Å². The number of hydrogen-bond donors (Lipinski definition) is 1. The molecule has 0 aliphatic carbocycles. The van der Waals surface area contributed by atoms with Crippen LogP contribution in [0.25, 0.3) is 0 Å². The molecule has 2 atom stereocenters. The molecule has 19 heavy (non-hydrogen) atoms. The summed E-state index contributed by atoms with van der Waals surface area (Å²) in [4.78, 5) is 11.7. The molecule has 1 aromatic carbocycles. The van der Waals surface area contributed by atoms with E-state index in [9.17, 15) is 4.79 Å². The van der Waals surface area contributed by atoms with Gasteiger partial charge in [-0.3, -0.25) is 10.1 Å². The Bertz CT molecular complexity index is 451. The quantitative estimate of drug-likeness (QED) is 0.819. The van der Waals surface area contributed by atoms with Gasteiger partial charge in [-0.25, -0.2) is 0 Å². The van der Waals surface area contributed by atoms with Crippen LogP contribution < -0.4 is 5.32 Å². The second-order valence-corrected chi connectivity index (χ2v) is 6.12. The van der Waals surface area contributed by atoms with E-state index in [2.05, 4.69) is 21.2 Å². The fourth-order valence-electron chi connectivity index (χ4n) is 1.87. The van der Waals surface area contributed by atoms with Crippen LogP contribution in [-0.2, 0) is 9.53 Å². The number of benzene rings is 1. The number of esters is 1. The van der Waals surface area contributed by atoms with Gasteiger partial charge in [-0.05, 0) is 30.5 Å². The molecule has 0 saturated heterocycles. The first kappa shape index (κ1) is 16.5. The van der Waals surface area contributed by atoms with Crippen molar-refractivity contribution in [2.24, 2.45) is 5.92 Å². The molecule has 3 nitrogen and oxygen atoms in total. The van der Waals surface area contributed by atoms with E-state index in [1.165, 1.54) is 7.11 Å². The standard InChI is InChI=1S/C14H19BrClNO2/c1-8(2)13(14(18)19-4)17-9(3)11-6-5-10(15)7-12(11)16/h5-9,13,17H,1-4H3. The highest BCUT2D eigenvalue weighted by Crippen LogP contribution is 2.27. The lowest BCUT2D eigenvalue weighted by atomic mass is 10.0. The van der Waals surface area contributed by atoms with E-state index in [1.807, 2.05) is 39.0 Å². The van der Waals surface area contributed by atoms with Crippen molar-refractivity contribution in [3.05, 3.63) is 33.3 Å². The van der Waals surface area contributed by atoms with Gasteiger partial charge in [0.25, 0.3) is 0 Å². The Morgan fingerprint density at radius 2 is 2.00 bits per heavy atom. The molecular formula is C14H19BrClNO2. The largest absolute Gasteiger partial charge is 0.468 e. The van der Waals surface area contributed by atoms with Crippen LogP contribution in [0.3, 0.4) is 0 Å². The van der Waals surface area contributed by atoms with E-state index in [1.54, 1.807) is 0 Å². The highest BCUT2D eigenvalue weighted by atomic mass is 79.9. The summed E-state index contributed by atoms with van der Waals surface area (Å²) in [7, 11) is 1.40. The van der Waals surface area contributed by atoms with Crippen LogP contribution >= 0.6 is 27.5 Å². The molecule has 106 valence electrons. The van der Waals surface area contributed by atoms with Gasteiger partial charge in [0.1, 0.15) is 6.04 Å². The van der Waals surface area contributed by atoms with Crippen molar-refractivity contribution in [3.8, 4) is 0 Å². The zero-order valence-corrected chi connectivity index (χ0v) is 13.9. The maximum Gasteiger partial charge on any atom is 0.323 e. The molecule has 1 aromatic rings. The summed E-state index contributed by atoms with van der Waals surface area (Å²) in [6, 6.07) is 5.34. The monoisotopic (exact) mass is 347 g/mol. The van der Waals surface area contributed by atoms with Gasteiger partial charge in [0.15, 0.2) is 0 Å².